The first-order valence-corrected chi connectivity index (χ1v) is 4.56. The summed E-state index contributed by atoms with van der Waals surface area (Å²) in [6, 6.07) is 0. The highest BCUT2D eigenvalue weighted by atomic mass is 35.5. The summed E-state index contributed by atoms with van der Waals surface area (Å²) in [5.74, 6) is 0.0591. The number of ether oxygens (including phenoxy) is 1. The molecule has 1 fully saturated rings. The second-order valence-electron chi connectivity index (χ2n) is 3.56. The molecule has 1 rings (SSSR count). The molecular weight excluding hydrogens is 178 g/mol. The summed E-state index contributed by atoms with van der Waals surface area (Å²) < 4.78 is 5.45. The van der Waals surface area contributed by atoms with Crippen LogP contribution >= 0.6 is 11.6 Å². The quantitative estimate of drug-likeness (QED) is 0.576. The third-order valence-corrected chi connectivity index (χ3v) is 2.12. The van der Waals surface area contributed by atoms with E-state index in [4.69, 9.17) is 16.3 Å². The van der Waals surface area contributed by atoms with Crippen LogP contribution in [0.5, 0.6) is 0 Å². The minimum atomic E-state index is -0.222. The lowest BCUT2D eigenvalue weighted by Gasteiger charge is -2.37. The van der Waals surface area contributed by atoms with Gasteiger partial charge in [0.05, 0.1) is 12.2 Å². The maximum Gasteiger partial charge on any atom is 0.237 e. The Hall–Kier alpha value is -0.280. The third kappa shape index (κ3) is 2.35. The van der Waals surface area contributed by atoms with Crippen molar-refractivity contribution in [3.8, 4) is 0 Å². The average molecular weight is 192 g/mol. The van der Waals surface area contributed by atoms with Crippen molar-refractivity contribution in [3.05, 3.63) is 0 Å². The van der Waals surface area contributed by atoms with E-state index in [0.29, 0.717) is 19.7 Å². The minimum absolute atomic E-state index is 0.00644. The van der Waals surface area contributed by atoms with Crippen LogP contribution in [0.1, 0.15) is 13.8 Å². The fourth-order valence-electron chi connectivity index (χ4n) is 1.31. The molecule has 1 aliphatic rings. The molecule has 0 aromatic heterocycles. The average Bonchev–Trinajstić information content (AvgIpc) is 2.01. The topological polar surface area (TPSA) is 29.5 Å². The van der Waals surface area contributed by atoms with Crippen molar-refractivity contribution in [2.75, 3.05) is 25.6 Å². The molecule has 12 heavy (non-hydrogen) atoms. The van der Waals surface area contributed by atoms with Gasteiger partial charge in [0.15, 0.2) is 0 Å². The molecule has 0 aromatic rings. The van der Waals surface area contributed by atoms with E-state index < -0.39 is 0 Å². The molecule has 70 valence electrons. The summed E-state index contributed by atoms with van der Waals surface area (Å²) in [6.07, 6.45) is 0. The molecule has 1 heterocycles. The lowest BCUT2D eigenvalue weighted by atomic mass is 10.1. The third-order valence-electron chi connectivity index (χ3n) is 1.89. The zero-order valence-electron chi connectivity index (χ0n) is 7.47. The molecule has 0 aliphatic carbocycles. The second kappa shape index (κ2) is 3.62. The van der Waals surface area contributed by atoms with E-state index in [1.807, 2.05) is 13.8 Å². The van der Waals surface area contributed by atoms with E-state index in [1.165, 1.54) is 0 Å². The Morgan fingerprint density at radius 3 is 2.83 bits per heavy atom. The smallest absolute Gasteiger partial charge is 0.237 e. The molecule has 4 heteroatoms. The predicted octanol–water partition coefficient (Wildman–Crippen LogP) is 0.863. The van der Waals surface area contributed by atoms with E-state index in [0.717, 1.165) is 0 Å². The van der Waals surface area contributed by atoms with Crippen molar-refractivity contribution >= 4 is 17.5 Å². The van der Waals surface area contributed by atoms with E-state index in [9.17, 15) is 4.79 Å². The van der Waals surface area contributed by atoms with Crippen molar-refractivity contribution in [2.45, 2.75) is 19.4 Å². The number of halogens is 1. The maximum absolute atomic E-state index is 11.2. The van der Waals surface area contributed by atoms with Gasteiger partial charge < -0.3 is 9.64 Å². The highest BCUT2D eigenvalue weighted by molar-refractivity contribution is 6.27. The number of morpholine rings is 1. The number of amides is 1. The van der Waals surface area contributed by atoms with Gasteiger partial charge in [-0.3, -0.25) is 4.79 Å². The number of alkyl halides is 1. The Morgan fingerprint density at radius 2 is 2.33 bits per heavy atom. The molecule has 0 spiro atoms. The van der Waals surface area contributed by atoms with Crippen molar-refractivity contribution in [1.29, 1.82) is 0 Å². The molecule has 0 radical (unpaired) electrons. The number of carbonyl (C=O) groups excluding carboxylic acids is 1. The SMILES string of the molecule is CC1(C)CN(C(=O)CCl)CCO1. The number of nitrogens with zero attached hydrogens (tertiary/aromatic N) is 1. The molecule has 1 saturated heterocycles. The van der Waals surface area contributed by atoms with E-state index in [2.05, 4.69) is 0 Å². The Balaban J connectivity index is 2.52. The molecule has 0 aromatic carbocycles. The minimum Gasteiger partial charge on any atom is -0.372 e. The Labute approximate surface area is 77.6 Å². The summed E-state index contributed by atoms with van der Waals surface area (Å²) >= 11 is 5.45. The molecule has 0 saturated carbocycles. The Morgan fingerprint density at radius 1 is 1.67 bits per heavy atom. The predicted molar refractivity (Wildman–Crippen MR) is 47.3 cm³/mol. The summed E-state index contributed by atoms with van der Waals surface area (Å²) in [4.78, 5) is 12.9. The van der Waals surface area contributed by atoms with Gasteiger partial charge >= 0.3 is 0 Å². The lowest BCUT2D eigenvalue weighted by molar-refractivity contribution is -0.143. The Kier molecular flexibility index (Phi) is 2.96. The highest BCUT2D eigenvalue weighted by Gasteiger charge is 2.29. The van der Waals surface area contributed by atoms with Crippen molar-refractivity contribution in [2.24, 2.45) is 0 Å². The summed E-state index contributed by atoms with van der Waals surface area (Å²) in [5, 5.41) is 0. The monoisotopic (exact) mass is 191 g/mol. The van der Waals surface area contributed by atoms with Gasteiger partial charge in [-0.2, -0.15) is 0 Å². The van der Waals surface area contributed by atoms with Crippen LogP contribution in [0.25, 0.3) is 0 Å². The molecule has 3 nitrogen and oxygen atoms in total. The first-order valence-electron chi connectivity index (χ1n) is 4.03. The van der Waals surface area contributed by atoms with Crippen LogP contribution in [0.2, 0.25) is 0 Å². The number of hydrogen-bond acceptors (Lipinski definition) is 2. The van der Waals surface area contributed by atoms with Gasteiger partial charge in [0.2, 0.25) is 5.91 Å². The maximum atomic E-state index is 11.2. The van der Waals surface area contributed by atoms with Crippen LogP contribution in [0.3, 0.4) is 0 Å². The standard InChI is InChI=1S/C8H14ClNO2/c1-8(2)6-10(3-4-12-8)7(11)5-9/h3-6H2,1-2H3. The fourth-order valence-corrected chi connectivity index (χ4v) is 1.48. The zero-order chi connectivity index (χ0) is 9.19. The van der Waals surface area contributed by atoms with Gasteiger partial charge in [0, 0.05) is 13.1 Å². The number of hydrogen-bond donors (Lipinski definition) is 0. The summed E-state index contributed by atoms with van der Waals surface area (Å²) in [6.45, 7) is 5.85. The number of rotatable bonds is 1. The normalized spacial score (nSPS) is 22.4. The van der Waals surface area contributed by atoms with Gasteiger partial charge in [-0.1, -0.05) is 0 Å². The Bertz CT molecular complexity index is 182. The van der Waals surface area contributed by atoms with Crippen molar-refractivity contribution < 1.29 is 9.53 Å². The van der Waals surface area contributed by atoms with Crippen molar-refractivity contribution in [3.63, 3.8) is 0 Å². The van der Waals surface area contributed by atoms with Gasteiger partial charge in [-0.05, 0) is 13.8 Å². The fraction of sp³-hybridized carbons (Fsp3) is 0.875. The van der Waals surface area contributed by atoms with Crippen LogP contribution in [-0.2, 0) is 9.53 Å². The largest absolute Gasteiger partial charge is 0.372 e. The van der Waals surface area contributed by atoms with E-state index in [-0.39, 0.29) is 17.4 Å². The van der Waals surface area contributed by atoms with Crippen LogP contribution < -0.4 is 0 Å². The molecule has 1 amide bonds. The van der Waals surface area contributed by atoms with Gasteiger partial charge in [-0.25, -0.2) is 0 Å². The van der Waals surface area contributed by atoms with Gasteiger partial charge in [-0.15, -0.1) is 11.6 Å². The molecule has 1 aliphatic heterocycles. The first kappa shape index (κ1) is 9.81. The molecule has 0 unspecified atom stereocenters. The van der Waals surface area contributed by atoms with Crippen LogP contribution in [0.15, 0.2) is 0 Å². The lowest BCUT2D eigenvalue weighted by Crippen LogP contribution is -2.50. The van der Waals surface area contributed by atoms with E-state index >= 15 is 0 Å². The summed E-state index contributed by atoms with van der Waals surface area (Å²) in [5.41, 5.74) is -0.222. The summed E-state index contributed by atoms with van der Waals surface area (Å²) in [7, 11) is 0. The van der Waals surface area contributed by atoms with Crippen LogP contribution in [0.4, 0.5) is 0 Å². The molecule has 0 N–H and O–H groups in total. The van der Waals surface area contributed by atoms with Crippen LogP contribution in [0, 0.1) is 0 Å². The zero-order valence-corrected chi connectivity index (χ0v) is 8.23. The first-order chi connectivity index (χ1) is 5.55. The molecule has 0 bridgehead atoms. The van der Waals surface area contributed by atoms with Gasteiger partial charge in [0.25, 0.3) is 0 Å². The molecule has 0 atom stereocenters. The van der Waals surface area contributed by atoms with Crippen molar-refractivity contribution in [1.82, 2.24) is 4.90 Å². The van der Waals surface area contributed by atoms with Crippen LogP contribution in [-0.4, -0.2) is 42.0 Å². The van der Waals surface area contributed by atoms with Gasteiger partial charge in [0.1, 0.15) is 5.88 Å². The van der Waals surface area contributed by atoms with E-state index in [1.54, 1.807) is 4.90 Å². The number of carbonyl (C=O) groups is 1. The second-order valence-corrected chi connectivity index (χ2v) is 3.82. The molecular formula is C8H14ClNO2. The highest BCUT2D eigenvalue weighted by Crippen LogP contribution is 2.16.